The van der Waals surface area contributed by atoms with Crippen LogP contribution in [0.15, 0.2) is 47.3 Å². The average Bonchev–Trinajstić information content (AvgIpc) is 3.54. The molecule has 0 radical (unpaired) electrons. The van der Waals surface area contributed by atoms with Crippen molar-refractivity contribution in [1.82, 2.24) is 19.7 Å². The van der Waals surface area contributed by atoms with Crippen LogP contribution in [0, 0.1) is 0 Å². The van der Waals surface area contributed by atoms with Crippen molar-refractivity contribution in [3.05, 3.63) is 54.3 Å². The lowest BCUT2D eigenvalue weighted by atomic mass is 10.1. The van der Waals surface area contributed by atoms with E-state index in [1.807, 2.05) is 32.2 Å². The van der Waals surface area contributed by atoms with Crippen LogP contribution in [0.1, 0.15) is 29.5 Å². The van der Waals surface area contributed by atoms with E-state index in [-0.39, 0.29) is 43.6 Å². The Morgan fingerprint density at radius 2 is 2.15 bits per heavy atom. The Balaban J connectivity index is 0.00000162. The van der Waals surface area contributed by atoms with E-state index in [4.69, 9.17) is 4.42 Å². The number of rotatable bonds is 5. The molecule has 34 heavy (non-hydrogen) atoms. The molecule has 4 heterocycles. The molecule has 1 amide bonds. The van der Waals surface area contributed by atoms with Gasteiger partial charge in [0.1, 0.15) is 6.26 Å². The second-order valence-electron chi connectivity index (χ2n) is 7.97. The smallest absolute Gasteiger partial charge is 0.277 e. The van der Waals surface area contributed by atoms with Crippen LogP contribution >= 0.6 is 25.9 Å². The van der Waals surface area contributed by atoms with Crippen molar-refractivity contribution < 1.29 is 14.3 Å². The number of hydrogen-bond donors (Lipinski definition) is 2. The van der Waals surface area contributed by atoms with E-state index < -0.39 is 0 Å². The van der Waals surface area contributed by atoms with Gasteiger partial charge in [-0.2, -0.15) is 18.6 Å². The second kappa shape index (κ2) is 10.5. The fourth-order valence-electron chi connectivity index (χ4n) is 4.01. The minimum Gasteiger partial charge on any atom is -0.444 e. The summed E-state index contributed by atoms with van der Waals surface area (Å²) in [7, 11) is 1.86. The summed E-state index contributed by atoms with van der Waals surface area (Å²) in [5.74, 6) is 0.00418. The summed E-state index contributed by atoms with van der Waals surface area (Å²) in [4.78, 5) is 23.8. The van der Waals surface area contributed by atoms with Gasteiger partial charge in [0.25, 0.3) is 5.91 Å². The van der Waals surface area contributed by atoms with Gasteiger partial charge in [0.15, 0.2) is 5.69 Å². The number of carbonyl (C=O) groups excluding carboxylic acids is 1. The second-order valence-corrected chi connectivity index (χ2v) is 7.97. The summed E-state index contributed by atoms with van der Waals surface area (Å²) >= 11 is 0. The third-order valence-corrected chi connectivity index (χ3v) is 5.78. The Kier molecular flexibility index (Phi) is 7.86. The first kappa shape index (κ1) is 25.5. The minimum absolute atomic E-state index is 0. The molecular weight excluding hydrogens is 476 g/mol. The quantitative estimate of drug-likeness (QED) is 0.429. The predicted octanol–water partition coefficient (Wildman–Crippen LogP) is 3.54. The average molecular weight is 503 g/mol. The fourth-order valence-corrected chi connectivity index (χ4v) is 4.01. The molecular formula is C23H27ClN6O3S. The Morgan fingerprint density at radius 3 is 2.88 bits per heavy atom. The number of aromatic nitrogens is 4. The molecule has 0 bridgehead atoms. The maximum atomic E-state index is 13.0. The number of halogens is 1. The van der Waals surface area contributed by atoms with Gasteiger partial charge >= 0.3 is 0 Å². The number of hydrogen-bond acceptors (Lipinski definition) is 7. The van der Waals surface area contributed by atoms with Gasteiger partial charge in [-0.1, -0.05) is 6.92 Å². The summed E-state index contributed by atoms with van der Waals surface area (Å²) in [6.45, 7) is 3.26. The highest BCUT2D eigenvalue weighted by atomic mass is 35.5. The van der Waals surface area contributed by atoms with Crippen molar-refractivity contribution in [2.45, 2.75) is 25.9 Å². The van der Waals surface area contributed by atoms with Gasteiger partial charge < -0.3 is 19.7 Å². The number of fused-ring (bicyclic) bond motifs is 1. The van der Waals surface area contributed by atoms with Crippen LogP contribution in [0.25, 0.3) is 22.4 Å². The number of aryl methyl sites for hydroxylation is 2. The van der Waals surface area contributed by atoms with Gasteiger partial charge in [-0.05, 0) is 37.1 Å². The highest BCUT2D eigenvalue weighted by molar-refractivity contribution is 7.59. The number of nitrogens with zero attached hydrogens (tertiary/aromatic N) is 5. The SMILES string of the molecule is CCc1cc(-c2nc(C(=O)Nc3cc4c(cnn4C)cc3N3CC[C@H](O)C3)co2)ccn1.Cl.S. The van der Waals surface area contributed by atoms with E-state index in [0.717, 1.165) is 34.3 Å². The molecule has 0 aliphatic carbocycles. The molecule has 4 aromatic rings. The van der Waals surface area contributed by atoms with Crippen LogP contribution in [0.4, 0.5) is 11.4 Å². The third-order valence-electron chi connectivity index (χ3n) is 5.78. The zero-order valence-electron chi connectivity index (χ0n) is 18.9. The van der Waals surface area contributed by atoms with E-state index >= 15 is 0 Å². The van der Waals surface area contributed by atoms with Crippen molar-refractivity contribution in [1.29, 1.82) is 0 Å². The van der Waals surface area contributed by atoms with Gasteiger partial charge in [0.2, 0.25) is 5.89 Å². The number of β-amino-alcohol motifs (C(OH)–C–C–N with tert-alkyl or cyclic N) is 1. The highest BCUT2D eigenvalue weighted by Gasteiger charge is 2.25. The Bertz CT molecular complexity index is 1310. The number of carbonyl (C=O) groups is 1. The van der Waals surface area contributed by atoms with Crippen LogP contribution in [0.3, 0.4) is 0 Å². The number of nitrogens with one attached hydrogen (secondary N) is 1. The van der Waals surface area contributed by atoms with Gasteiger partial charge in [0, 0.05) is 43.0 Å². The van der Waals surface area contributed by atoms with Crippen LogP contribution < -0.4 is 10.2 Å². The minimum atomic E-state index is -0.380. The van der Waals surface area contributed by atoms with Crippen LogP contribution in [-0.4, -0.2) is 50.0 Å². The van der Waals surface area contributed by atoms with E-state index in [2.05, 4.69) is 25.3 Å². The summed E-state index contributed by atoms with van der Waals surface area (Å²) in [5.41, 5.74) is 4.27. The number of amides is 1. The zero-order chi connectivity index (χ0) is 22.2. The molecule has 11 heteroatoms. The van der Waals surface area contributed by atoms with Crippen molar-refractivity contribution >= 4 is 54.1 Å². The maximum absolute atomic E-state index is 13.0. The van der Waals surface area contributed by atoms with Crippen LogP contribution in [0.2, 0.25) is 0 Å². The Labute approximate surface area is 210 Å². The molecule has 180 valence electrons. The first-order valence-electron chi connectivity index (χ1n) is 10.6. The molecule has 1 aliphatic rings. The molecule has 0 unspecified atom stereocenters. The molecule has 9 nitrogen and oxygen atoms in total. The van der Waals surface area contributed by atoms with E-state index in [1.54, 1.807) is 23.1 Å². The van der Waals surface area contributed by atoms with Gasteiger partial charge in [-0.15, -0.1) is 12.4 Å². The standard InChI is InChI=1S/C23H24N6O3.ClH.H2S/c1-3-16-8-14(4-6-24-16)23-27-19(13-32-23)22(31)26-18-10-20-15(11-25-28(20)2)9-21(18)29-7-5-17(30)12-29;;/h4,6,8-11,13,17,30H,3,5,7,12H2,1-2H3,(H,26,31);1H;1H2/t17-;;/m0../s1. The lowest BCUT2D eigenvalue weighted by molar-refractivity contribution is 0.102. The predicted molar refractivity (Wildman–Crippen MR) is 138 cm³/mol. The van der Waals surface area contributed by atoms with Gasteiger partial charge in [-0.3, -0.25) is 14.5 Å². The number of oxazole rings is 1. The third kappa shape index (κ3) is 4.89. The van der Waals surface area contributed by atoms with Crippen LogP contribution in [0.5, 0.6) is 0 Å². The fraction of sp³-hybridized carbons (Fsp3) is 0.304. The van der Waals surface area contributed by atoms with Gasteiger partial charge in [0.05, 0.1) is 29.2 Å². The van der Waals surface area contributed by atoms with E-state index in [9.17, 15) is 9.90 Å². The highest BCUT2D eigenvalue weighted by Crippen LogP contribution is 2.34. The number of aliphatic hydroxyl groups excluding tert-OH is 1. The summed E-state index contributed by atoms with van der Waals surface area (Å²) in [6.07, 6.45) is 5.97. The number of aliphatic hydroxyl groups is 1. The normalized spacial score (nSPS) is 15.1. The lowest BCUT2D eigenvalue weighted by Crippen LogP contribution is -2.23. The first-order chi connectivity index (χ1) is 15.5. The van der Waals surface area contributed by atoms with Gasteiger partial charge in [-0.25, -0.2) is 4.98 Å². The van der Waals surface area contributed by atoms with E-state index in [1.165, 1.54) is 6.26 Å². The monoisotopic (exact) mass is 502 g/mol. The maximum Gasteiger partial charge on any atom is 0.277 e. The van der Waals surface area contributed by atoms with Crippen LogP contribution in [-0.2, 0) is 13.5 Å². The summed E-state index contributed by atoms with van der Waals surface area (Å²) < 4.78 is 7.33. The van der Waals surface area contributed by atoms with E-state index in [0.29, 0.717) is 31.1 Å². The molecule has 1 saturated heterocycles. The molecule has 5 rings (SSSR count). The van der Waals surface area contributed by atoms with Crippen molar-refractivity contribution in [2.75, 3.05) is 23.3 Å². The molecule has 0 saturated carbocycles. The number of anilines is 2. The molecule has 1 fully saturated rings. The summed E-state index contributed by atoms with van der Waals surface area (Å²) in [6, 6.07) is 7.60. The largest absolute Gasteiger partial charge is 0.444 e. The van der Waals surface area contributed by atoms with Crippen molar-refractivity contribution in [2.24, 2.45) is 7.05 Å². The molecule has 1 aliphatic heterocycles. The molecule has 3 aromatic heterocycles. The number of benzene rings is 1. The Hall–Kier alpha value is -3.08. The van der Waals surface area contributed by atoms with Crippen molar-refractivity contribution in [3.8, 4) is 11.5 Å². The lowest BCUT2D eigenvalue weighted by Gasteiger charge is -2.22. The zero-order valence-corrected chi connectivity index (χ0v) is 20.7. The molecule has 0 spiro atoms. The number of pyridine rings is 1. The molecule has 1 aromatic carbocycles. The topological polar surface area (TPSA) is 109 Å². The summed E-state index contributed by atoms with van der Waals surface area (Å²) in [5, 5.41) is 18.3. The van der Waals surface area contributed by atoms with Crippen molar-refractivity contribution in [3.63, 3.8) is 0 Å². The Morgan fingerprint density at radius 1 is 1.32 bits per heavy atom. The first-order valence-corrected chi connectivity index (χ1v) is 10.6. The molecule has 1 atom stereocenters. The molecule has 2 N–H and O–H groups in total.